The summed E-state index contributed by atoms with van der Waals surface area (Å²) in [4.78, 5) is 32.6. The lowest BCUT2D eigenvalue weighted by atomic mass is 9.95. The van der Waals surface area contributed by atoms with Gasteiger partial charge in [-0.05, 0) is 62.7 Å². The molecule has 0 unspecified atom stereocenters. The molecule has 2 aromatic rings. The summed E-state index contributed by atoms with van der Waals surface area (Å²) in [5.74, 6) is 1.43. The molecule has 0 radical (unpaired) electrons. The van der Waals surface area contributed by atoms with Gasteiger partial charge in [0.2, 0.25) is 5.91 Å². The summed E-state index contributed by atoms with van der Waals surface area (Å²) in [7, 11) is 0. The molecule has 3 fully saturated rings. The number of benzene rings is 1. The highest BCUT2D eigenvalue weighted by Crippen LogP contribution is 2.31. The molecule has 2 saturated heterocycles. The number of hydrogen-bond acceptors (Lipinski definition) is 4. The SMILES string of the molecule is O=C(NC[C@@H]1CN(CC2CCN(CC3CC3)CC2)C(=O)CO1)c1cc2ccccc2[nH]1. The number of aromatic nitrogens is 1. The van der Waals surface area contributed by atoms with E-state index in [1.165, 1.54) is 32.2 Å². The van der Waals surface area contributed by atoms with E-state index in [0.29, 0.717) is 24.7 Å². The Balaban J connectivity index is 1.09. The first kappa shape index (κ1) is 20.5. The molecule has 5 rings (SSSR count). The Labute approximate surface area is 183 Å². The van der Waals surface area contributed by atoms with Crippen molar-refractivity contribution in [3.63, 3.8) is 0 Å². The summed E-state index contributed by atoms with van der Waals surface area (Å²) in [6.07, 6.45) is 4.97. The van der Waals surface area contributed by atoms with Crippen LogP contribution in [0.1, 0.15) is 36.2 Å². The van der Waals surface area contributed by atoms with Gasteiger partial charge in [0.25, 0.3) is 5.91 Å². The molecule has 166 valence electrons. The lowest BCUT2D eigenvalue weighted by Gasteiger charge is -2.38. The van der Waals surface area contributed by atoms with Gasteiger partial charge in [0.1, 0.15) is 12.3 Å². The molecule has 2 aliphatic heterocycles. The number of para-hydroxylation sites is 1. The molecule has 1 aliphatic carbocycles. The number of H-pyrrole nitrogens is 1. The Morgan fingerprint density at radius 2 is 1.87 bits per heavy atom. The number of morpholine rings is 1. The van der Waals surface area contributed by atoms with Gasteiger partial charge in [-0.2, -0.15) is 0 Å². The molecule has 31 heavy (non-hydrogen) atoms. The number of fused-ring (bicyclic) bond motifs is 1. The molecule has 0 bridgehead atoms. The summed E-state index contributed by atoms with van der Waals surface area (Å²) in [5, 5.41) is 3.97. The van der Waals surface area contributed by atoms with E-state index in [9.17, 15) is 9.59 Å². The zero-order valence-corrected chi connectivity index (χ0v) is 18.0. The van der Waals surface area contributed by atoms with Gasteiger partial charge in [0.05, 0.1) is 6.10 Å². The van der Waals surface area contributed by atoms with E-state index >= 15 is 0 Å². The molecule has 2 N–H and O–H groups in total. The Morgan fingerprint density at radius 1 is 1.10 bits per heavy atom. The smallest absolute Gasteiger partial charge is 0.267 e. The van der Waals surface area contributed by atoms with Crippen LogP contribution in [0.3, 0.4) is 0 Å². The largest absolute Gasteiger partial charge is 0.365 e. The topological polar surface area (TPSA) is 77.7 Å². The highest BCUT2D eigenvalue weighted by Gasteiger charge is 2.31. The number of likely N-dealkylation sites (tertiary alicyclic amines) is 1. The molecule has 3 aliphatic rings. The number of aromatic amines is 1. The molecule has 0 spiro atoms. The summed E-state index contributed by atoms with van der Waals surface area (Å²) in [5.41, 5.74) is 1.49. The third kappa shape index (κ3) is 5.10. The van der Waals surface area contributed by atoms with Crippen LogP contribution >= 0.6 is 0 Å². The van der Waals surface area contributed by atoms with E-state index in [1.54, 1.807) is 0 Å². The molecule has 1 aromatic carbocycles. The molecule has 2 amide bonds. The van der Waals surface area contributed by atoms with Gasteiger partial charge in [-0.25, -0.2) is 0 Å². The zero-order chi connectivity index (χ0) is 21.2. The van der Waals surface area contributed by atoms with Crippen LogP contribution < -0.4 is 5.32 Å². The van der Waals surface area contributed by atoms with Crippen LogP contribution in [0.25, 0.3) is 10.9 Å². The highest BCUT2D eigenvalue weighted by atomic mass is 16.5. The predicted octanol–water partition coefficient (Wildman–Crippen LogP) is 2.25. The number of carbonyl (C=O) groups is 2. The fourth-order valence-corrected chi connectivity index (χ4v) is 4.81. The maximum absolute atomic E-state index is 12.5. The van der Waals surface area contributed by atoms with Crippen LogP contribution in [0.4, 0.5) is 0 Å². The summed E-state index contributed by atoms with van der Waals surface area (Å²) < 4.78 is 5.70. The van der Waals surface area contributed by atoms with E-state index in [1.807, 2.05) is 35.2 Å². The summed E-state index contributed by atoms with van der Waals surface area (Å²) in [6.45, 7) is 5.44. The van der Waals surface area contributed by atoms with Gasteiger partial charge in [0.15, 0.2) is 0 Å². The van der Waals surface area contributed by atoms with Crippen LogP contribution in [-0.2, 0) is 9.53 Å². The van der Waals surface area contributed by atoms with Crippen LogP contribution in [0.5, 0.6) is 0 Å². The van der Waals surface area contributed by atoms with Gasteiger partial charge in [-0.15, -0.1) is 0 Å². The van der Waals surface area contributed by atoms with E-state index in [-0.39, 0.29) is 24.5 Å². The molecular formula is C24H32N4O3. The van der Waals surface area contributed by atoms with Crippen LogP contribution in [0.2, 0.25) is 0 Å². The minimum Gasteiger partial charge on any atom is -0.365 e. The number of nitrogens with zero attached hydrogens (tertiary/aromatic N) is 2. The van der Waals surface area contributed by atoms with Crippen molar-refractivity contribution >= 4 is 22.7 Å². The van der Waals surface area contributed by atoms with Gasteiger partial charge in [-0.3, -0.25) is 9.59 Å². The third-order valence-electron chi connectivity index (χ3n) is 6.88. The van der Waals surface area contributed by atoms with E-state index < -0.39 is 0 Å². The normalized spacial score (nSPS) is 23.4. The quantitative estimate of drug-likeness (QED) is 0.715. The Bertz CT molecular complexity index is 897. The second kappa shape index (κ2) is 9.01. The maximum Gasteiger partial charge on any atom is 0.267 e. The van der Waals surface area contributed by atoms with Crippen molar-refractivity contribution in [1.82, 2.24) is 20.1 Å². The average Bonchev–Trinajstić information content (AvgIpc) is 3.49. The van der Waals surface area contributed by atoms with Crippen LogP contribution in [0.15, 0.2) is 30.3 Å². The van der Waals surface area contributed by atoms with Crippen molar-refractivity contribution < 1.29 is 14.3 Å². The summed E-state index contributed by atoms with van der Waals surface area (Å²) >= 11 is 0. The van der Waals surface area contributed by atoms with Crippen molar-refractivity contribution in [2.45, 2.75) is 31.8 Å². The highest BCUT2D eigenvalue weighted by molar-refractivity contribution is 5.98. The molecule has 1 atom stereocenters. The van der Waals surface area contributed by atoms with Crippen LogP contribution in [0, 0.1) is 11.8 Å². The van der Waals surface area contributed by atoms with E-state index in [0.717, 1.165) is 36.5 Å². The fourth-order valence-electron chi connectivity index (χ4n) is 4.81. The molecule has 1 aromatic heterocycles. The number of nitrogens with one attached hydrogen (secondary N) is 2. The van der Waals surface area contributed by atoms with Crippen LogP contribution in [-0.4, -0.2) is 78.6 Å². The second-order valence-electron chi connectivity index (χ2n) is 9.40. The van der Waals surface area contributed by atoms with Gasteiger partial charge >= 0.3 is 0 Å². The Morgan fingerprint density at radius 3 is 2.65 bits per heavy atom. The zero-order valence-electron chi connectivity index (χ0n) is 18.0. The number of carbonyl (C=O) groups excluding carboxylic acids is 2. The first-order valence-corrected chi connectivity index (χ1v) is 11.6. The number of ether oxygens (including phenoxy) is 1. The minimum atomic E-state index is -0.166. The van der Waals surface area contributed by atoms with E-state index in [4.69, 9.17) is 4.74 Å². The van der Waals surface area contributed by atoms with E-state index in [2.05, 4.69) is 15.2 Å². The maximum atomic E-state index is 12.5. The molecule has 3 heterocycles. The molecular weight excluding hydrogens is 392 g/mol. The molecule has 7 nitrogen and oxygen atoms in total. The lowest BCUT2D eigenvalue weighted by Crippen LogP contribution is -2.52. The van der Waals surface area contributed by atoms with Gasteiger partial charge in [-0.1, -0.05) is 18.2 Å². The molecule has 7 heteroatoms. The first-order valence-electron chi connectivity index (χ1n) is 11.6. The van der Waals surface area contributed by atoms with Crippen molar-refractivity contribution in [1.29, 1.82) is 0 Å². The number of piperidine rings is 1. The standard InChI is InChI=1S/C24H32N4O3/c29-23-16-31-20(12-25-24(30)22-11-19-3-1-2-4-21(19)26-22)15-28(23)14-18-7-9-27(10-8-18)13-17-5-6-17/h1-4,11,17-18,20,26H,5-10,12-16H2,(H,25,30)/t20-/m1/s1. The summed E-state index contributed by atoms with van der Waals surface area (Å²) in [6, 6.07) is 9.69. The van der Waals surface area contributed by atoms with Crippen molar-refractivity contribution in [3.8, 4) is 0 Å². The number of rotatable bonds is 7. The van der Waals surface area contributed by atoms with Crippen molar-refractivity contribution in [3.05, 3.63) is 36.0 Å². The third-order valence-corrected chi connectivity index (χ3v) is 6.88. The Kier molecular flexibility index (Phi) is 5.96. The van der Waals surface area contributed by atoms with Gasteiger partial charge in [0, 0.05) is 37.1 Å². The predicted molar refractivity (Wildman–Crippen MR) is 119 cm³/mol. The second-order valence-corrected chi connectivity index (χ2v) is 9.40. The number of amides is 2. The fraction of sp³-hybridized carbons (Fsp3) is 0.583. The number of hydrogen-bond donors (Lipinski definition) is 2. The van der Waals surface area contributed by atoms with Crippen molar-refractivity contribution in [2.24, 2.45) is 11.8 Å². The Hall–Kier alpha value is -2.38. The monoisotopic (exact) mass is 424 g/mol. The lowest BCUT2D eigenvalue weighted by molar-refractivity contribution is -0.149. The van der Waals surface area contributed by atoms with Gasteiger partial charge < -0.3 is 24.8 Å². The van der Waals surface area contributed by atoms with Crippen molar-refractivity contribution in [2.75, 3.05) is 45.9 Å². The molecule has 1 saturated carbocycles. The first-order chi connectivity index (χ1) is 15.1. The minimum absolute atomic E-state index is 0.0682. The average molecular weight is 425 g/mol.